The molecule has 1 aliphatic rings. The molecule has 17 heavy (non-hydrogen) atoms. The van der Waals surface area contributed by atoms with E-state index in [0.717, 1.165) is 19.4 Å². The Kier molecular flexibility index (Phi) is 3.45. The van der Waals surface area contributed by atoms with Crippen molar-refractivity contribution in [2.45, 2.75) is 31.9 Å². The lowest BCUT2D eigenvalue weighted by Crippen LogP contribution is -2.33. The summed E-state index contributed by atoms with van der Waals surface area (Å²) in [5.74, 6) is 0.600. The Morgan fingerprint density at radius 1 is 1.65 bits per heavy atom. The third kappa shape index (κ3) is 2.66. The average molecular weight is 232 g/mol. The van der Waals surface area contributed by atoms with Gasteiger partial charge in [-0.05, 0) is 25.8 Å². The normalized spacial score (nSPS) is 24.0. The molecule has 1 aliphatic heterocycles. The highest BCUT2D eigenvalue weighted by molar-refractivity contribution is 5.69. The lowest BCUT2D eigenvalue weighted by Gasteiger charge is -2.28. The van der Waals surface area contributed by atoms with Crippen molar-refractivity contribution >= 4 is 11.5 Å². The minimum Gasteiger partial charge on any atom is -0.395 e. The number of nitrogens with two attached hydrogens (primary N) is 1. The zero-order chi connectivity index (χ0) is 12.3. The second kappa shape index (κ2) is 5.02. The van der Waals surface area contributed by atoms with Crippen LogP contribution in [0.1, 0.15) is 25.3 Å². The van der Waals surface area contributed by atoms with Crippen molar-refractivity contribution in [3.05, 3.63) is 17.8 Å². The minimum atomic E-state index is 0.252. The van der Waals surface area contributed by atoms with Gasteiger partial charge < -0.3 is 15.8 Å². The van der Waals surface area contributed by atoms with Crippen LogP contribution in [-0.4, -0.2) is 23.7 Å². The Bertz CT molecular complexity index is 441. The summed E-state index contributed by atoms with van der Waals surface area (Å²) in [5, 5.41) is 12.2. The van der Waals surface area contributed by atoms with E-state index in [-0.39, 0.29) is 6.10 Å². The Morgan fingerprint density at radius 2 is 2.47 bits per heavy atom. The molecule has 0 spiro atoms. The van der Waals surface area contributed by atoms with Gasteiger partial charge in [0.05, 0.1) is 17.4 Å². The van der Waals surface area contributed by atoms with Crippen LogP contribution in [-0.2, 0) is 4.74 Å². The summed E-state index contributed by atoms with van der Waals surface area (Å²) >= 11 is 0. The molecule has 0 aliphatic carbocycles. The molecule has 0 bridgehead atoms. The maximum absolute atomic E-state index is 8.89. The zero-order valence-corrected chi connectivity index (χ0v) is 9.81. The molecule has 90 valence electrons. The highest BCUT2D eigenvalue weighted by atomic mass is 16.5. The summed E-state index contributed by atoms with van der Waals surface area (Å²) in [6.45, 7) is 2.80. The molecule has 5 nitrogen and oxygen atoms in total. The summed E-state index contributed by atoms with van der Waals surface area (Å²) in [5.41, 5.74) is 6.75. The Labute approximate surface area is 101 Å². The molecule has 2 atom stereocenters. The van der Waals surface area contributed by atoms with Crippen molar-refractivity contribution in [2.75, 3.05) is 17.7 Å². The van der Waals surface area contributed by atoms with Crippen LogP contribution >= 0.6 is 0 Å². The van der Waals surface area contributed by atoms with Crippen LogP contribution in [0.5, 0.6) is 0 Å². The molecule has 5 heteroatoms. The fourth-order valence-corrected chi connectivity index (χ4v) is 2.01. The van der Waals surface area contributed by atoms with Crippen LogP contribution in [0.2, 0.25) is 0 Å². The van der Waals surface area contributed by atoms with Crippen molar-refractivity contribution < 1.29 is 4.74 Å². The minimum absolute atomic E-state index is 0.252. The molecule has 0 amide bonds. The smallest absolute Gasteiger partial charge is 0.150 e. The standard InChI is InChI=1S/C12H16N4O/c1-8-6-10(3-5-17-8)16-12-11(14)9(7-13)2-4-15-12/h2,4,8,10H,3,5-6,14H2,1H3,(H,15,16). The van der Waals surface area contributed by atoms with Crippen molar-refractivity contribution in [3.63, 3.8) is 0 Å². The first kappa shape index (κ1) is 11.7. The second-order valence-corrected chi connectivity index (χ2v) is 4.28. The first-order valence-corrected chi connectivity index (χ1v) is 5.73. The van der Waals surface area contributed by atoms with E-state index in [1.54, 1.807) is 12.3 Å². The monoisotopic (exact) mass is 232 g/mol. The maximum Gasteiger partial charge on any atom is 0.150 e. The number of nitriles is 1. The summed E-state index contributed by atoms with van der Waals surface area (Å²) in [6.07, 6.45) is 3.71. The molecule has 1 fully saturated rings. The first-order valence-electron chi connectivity index (χ1n) is 5.73. The Hall–Kier alpha value is -1.80. The van der Waals surface area contributed by atoms with Gasteiger partial charge in [-0.15, -0.1) is 0 Å². The Morgan fingerprint density at radius 3 is 3.18 bits per heavy atom. The number of hydrogen-bond donors (Lipinski definition) is 2. The third-order valence-corrected chi connectivity index (χ3v) is 2.94. The summed E-state index contributed by atoms with van der Waals surface area (Å²) in [7, 11) is 0. The highest BCUT2D eigenvalue weighted by Crippen LogP contribution is 2.23. The van der Waals surface area contributed by atoms with E-state index in [4.69, 9.17) is 15.7 Å². The topological polar surface area (TPSA) is 84.0 Å². The van der Waals surface area contributed by atoms with Crippen LogP contribution in [0.3, 0.4) is 0 Å². The number of rotatable bonds is 2. The maximum atomic E-state index is 8.89. The molecule has 2 rings (SSSR count). The van der Waals surface area contributed by atoms with Crippen molar-refractivity contribution in [2.24, 2.45) is 0 Å². The molecule has 1 aromatic heterocycles. The largest absolute Gasteiger partial charge is 0.395 e. The molecular weight excluding hydrogens is 216 g/mol. The SMILES string of the molecule is CC1CC(Nc2nccc(C#N)c2N)CCO1. The third-order valence-electron chi connectivity index (χ3n) is 2.94. The van der Waals surface area contributed by atoms with Gasteiger partial charge in [-0.3, -0.25) is 0 Å². The highest BCUT2D eigenvalue weighted by Gasteiger charge is 2.20. The lowest BCUT2D eigenvalue weighted by molar-refractivity contribution is 0.0232. The van der Waals surface area contributed by atoms with Gasteiger partial charge in [0.2, 0.25) is 0 Å². The van der Waals surface area contributed by atoms with Crippen molar-refractivity contribution in [1.29, 1.82) is 5.26 Å². The van der Waals surface area contributed by atoms with E-state index in [9.17, 15) is 0 Å². The molecule has 0 radical (unpaired) electrons. The number of nitrogens with zero attached hydrogens (tertiary/aromatic N) is 2. The first-order chi connectivity index (χ1) is 8.20. The molecule has 0 saturated carbocycles. The summed E-state index contributed by atoms with van der Waals surface area (Å²) in [6, 6.07) is 3.98. The second-order valence-electron chi connectivity index (χ2n) is 4.28. The van der Waals surface area contributed by atoms with Gasteiger partial charge in [-0.2, -0.15) is 5.26 Å². The van der Waals surface area contributed by atoms with Crippen LogP contribution in [0, 0.1) is 11.3 Å². The van der Waals surface area contributed by atoms with Gasteiger partial charge in [-0.25, -0.2) is 4.98 Å². The predicted molar refractivity (Wildman–Crippen MR) is 65.4 cm³/mol. The van der Waals surface area contributed by atoms with Crippen LogP contribution in [0.25, 0.3) is 0 Å². The molecule has 2 unspecified atom stereocenters. The number of anilines is 2. The zero-order valence-electron chi connectivity index (χ0n) is 9.81. The van der Waals surface area contributed by atoms with E-state index in [2.05, 4.69) is 23.3 Å². The van der Waals surface area contributed by atoms with Crippen LogP contribution < -0.4 is 11.1 Å². The van der Waals surface area contributed by atoms with Gasteiger partial charge >= 0.3 is 0 Å². The van der Waals surface area contributed by atoms with Crippen molar-refractivity contribution in [1.82, 2.24) is 4.98 Å². The molecule has 0 aromatic carbocycles. The molecule has 3 N–H and O–H groups in total. The van der Waals surface area contributed by atoms with Gasteiger partial charge in [0, 0.05) is 18.8 Å². The van der Waals surface area contributed by atoms with Gasteiger partial charge in [-0.1, -0.05) is 0 Å². The van der Waals surface area contributed by atoms with E-state index >= 15 is 0 Å². The lowest BCUT2D eigenvalue weighted by atomic mass is 10.0. The van der Waals surface area contributed by atoms with Crippen LogP contribution in [0.15, 0.2) is 12.3 Å². The fraction of sp³-hybridized carbons (Fsp3) is 0.500. The average Bonchev–Trinajstić information content (AvgIpc) is 2.32. The van der Waals surface area contributed by atoms with E-state index in [0.29, 0.717) is 23.1 Å². The molecule has 2 heterocycles. The number of aromatic nitrogens is 1. The quantitative estimate of drug-likeness (QED) is 0.807. The van der Waals surface area contributed by atoms with E-state index < -0.39 is 0 Å². The number of hydrogen-bond acceptors (Lipinski definition) is 5. The number of ether oxygens (including phenoxy) is 1. The van der Waals surface area contributed by atoms with E-state index in [1.165, 1.54) is 0 Å². The van der Waals surface area contributed by atoms with Gasteiger partial charge in [0.25, 0.3) is 0 Å². The molecule has 1 saturated heterocycles. The summed E-state index contributed by atoms with van der Waals surface area (Å²) < 4.78 is 5.48. The molecule has 1 aromatic rings. The van der Waals surface area contributed by atoms with Gasteiger partial charge in [0.1, 0.15) is 6.07 Å². The van der Waals surface area contributed by atoms with Crippen LogP contribution in [0.4, 0.5) is 11.5 Å². The summed E-state index contributed by atoms with van der Waals surface area (Å²) in [4.78, 5) is 4.18. The number of nitrogens with one attached hydrogen (secondary N) is 1. The van der Waals surface area contributed by atoms with E-state index in [1.807, 2.05) is 0 Å². The molecular formula is C12H16N4O. The van der Waals surface area contributed by atoms with Crippen molar-refractivity contribution in [3.8, 4) is 6.07 Å². The Balaban J connectivity index is 2.11. The van der Waals surface area contributed by atoms with Gasteiger partial charge in [0.15, 0.2) is 5.82 Å². The fourth-order valence-electron chi connectivity index (χ4n) is 2.01. The predicted octanol–water partition coefficient (Wildman–Crippen LogP) is 1.51. The number of nitrogen functional groups attached to an aromatic ring is 1. The number of pyridine rings is 1.